The molecule has 1 saturated heterocycles. The van der Waals surface area contributed by atoms with Gasteiger partial charge in [0.2, 0.25) is 17.6 Å². The van der Waals surface area contributed by atoms with Crippen LogP contribution in [0.15, 0.2) is 78.9 Å². The lowest BCUT2D eigenvalue weighted by Gasteiger charge is -2.28. The average Bonchev–Trinajstić information content (AvgIpc) is 3.20. The Kier molecular flexibility index (Phi) is 6.83. The van der Waals surface area contributed by atoms with Crippen LogP contribution in [0.25, 0.3) is 0 Å². The monoisotopic (exact) mass is 512 g/mol. The number of non-ortho nitro benzene ring substituents is 1. The number of fused-ring (bicyclic) bond motifs is 1. The SMILES string of the molecule is O=C(COC(=O)c1cccc(N2C(=O)[C@H]3CC[C@H](c4ccccc4)C[C@H]3C2=O)c1)c1cccc([N+](=O)[O-])c1. The van der Waals surface area contributed by atoms with Gasteiger partial charge in [-0.2, -0.15) is 0 Å². The predicted molar refractivity (Wildman–Crippen MR) is 137 cm³/mol. The first-order chi connectivity index (χ1) is 18.3. The molecule has 1 heterocycles. The van der Waals surface area contributed by atoms with Gasteiger partial charge in [0, 0.05) is 17.7 Å². The molecule has 1 aliphatic carbocycles. The highest BCUT2D eigenvalue weighted by atomic mass is 16.6. The summed E-state index contributed by atoms with van der Waals surface area (Å²) in [5.41, 5.74) is 1.32. The van der Waals surface area contributed by atoms with Crippen LogP contribution in [0.4, 0.5) is 11.4 Å². The molecule has 1 aliphatic heterocycles. The minimum Gasteiger partial charge on any atom is -0.454 e. The molecule has 38 heavy (non-hydrogen) atoms. The number of hydrogen-bond acceptors (Lipinski definition) is 7. The van der Waals surface area contributed by atoms with E-state index in [0.29, 0.717) is 12.8 Å². The highest BCUT2D eigenvalue weighted by Gasteiger charge is 2.50. The number of benzene rings is 3. The smallest absolute Gasteiger partial charge is 0.338 e. The molecule has 3 aromatic rings. The quantitative estimate of drug-likeness (QED) is 0.148. The van der Waals surface area contributed by atoms with Crippen molar-refractivity contribution in [2.75, 3.05) is 11.5 Å². The molecule has 9 heteroatoms. The highest BCUT2D eigenvalue weighted by Crippen LogP contribution is 2.45. The van der Waals surface area contributed by atoms with Crippen LogP contribution in [0.3, 0.4) is 0 Å². The van der Waals surface area contributed by atoms with Crippen LogP contribution in [0.1, 0.15) is 51.5 Å². The zero-order valence-electron chi connectivity index (χ0n) is 20.3. The lowest BCUT2D eigenvalue weighted by atomic mass is 9.73. The van der Waals surface area contributed by atoms with Crippen LogP contribution in [0.2, 0.25) is 0 Å². The molecule has 2 aliphatic rings. The zero-order chi connectivity index (χ0) is 26.8. The first-order valence-corrected chi connectivity index (χ1v) is 12.3. The number of carbonyl (C=O) groups is 4. The van der Waals surface area contributed by atoms with E-state index in [4.69, 9.17) is 4.74 Å². The van der Waals surface area contributed by atoms with Crippen LogP contribution in [-0.4, -0.2) is 35.1 Å². The Hall–Kier alpha value is -4.66. The summed E-state index contributed by atoms with van der Waals surface area (Å²) < 4.78 is 5.13. The molecule has 0 bridgehead atoms. The number of imide groups is 1. The maximum atomic E-state index is 13.4. The number of carbonyl (C=O) groups excluding carboxylic acids is 4. The summed E-state index contributed by atoms with van der Waals surface area (Å²) in [5, 5.41) is 10.9. The summed E-state index contributed by atoms with van der Waals surface area (Å²) in [6, 6.07) is 21.1. The third-order valence-corrected chi connectivity index (χ3v) is 7.25. The average molecular weight is 513 g/mol. The maximum Gasteiger partial charge on any atom is 0.338 e. The number of nitro benzene ring substituents is 1. The Bertz CT molecular complexity index is 1440. The van der Waals surface area contributed by atoms with Crippen LogP contribution >= 0.6 is 0 Å². The number of nitrogens with zero attached hydrogens (tertiary/aromatic N) is 2. The van der Waals surface area contributed by atoms with Crippen LogP contribution < -0.4 is 4.90 Å². The third kappa shape index (κ3) is 4.82. The van der Waals surface area contributed by atoms with E-state index < -0.39 is 29.2 Å². The minimum atomic E-state index is -0.814. The van der Waals surface area contributed by atoms with Crippen molar-refractivity contribution in [2.45, 2.75) is 25.2 Å². The Morgan fingerprint density at radius 1 is 0.868 bits per heavy atom. The van der Waals surface area contributed by atoms with E-state index >= 15 is 0 Å². The van der Waals surface area contributed by atoms with Crippen molar-refractivity contribution in [3.8, 4) is 0 Å². The molecule has 1 saturated carbocycles. The second-order valence-corrected chi connectivity index (χ2v) is 9.50. The number of ketones is 1. The summed E-state index contributed by atoms with van der Waals surface area (Å²) in [6.07, 6.45) is 2.03. The number of rotatable bonds is 7. The maximum absolute atomic E-state index is 13.4. The van der Waals surface area contributed by atoms with Gasteiger partial charge in [0.15, 0.2) is 6.61 Å². The van der Waals surface area contributed by atoms with Gasteiger partial charge in [0.25, 0.3) is 5.69 Å². The van der Waals surface area contributed by atoms with E-state index in [2.05, 4.69) is 0 Å². The van der Waals surface area contributed by atoms with Gasteiger partial charge in [-0.05, 0) is 48.9 Å². The normalized spacial score (nSPS) is 20.6. The number of esters is 1. The molecular formula is C29H24N2O7. The van der Waals surface area contributed by atoms with Crippen molar-refractivity contribution in [2.24, 2.45) is 11.8 Å². The third-order valence-electron chi connectivity index (χ3n) is 7.25. The Balaban J connectivity index is 1.27. The van der Waals surface area contributed by atoms with Gasteiger partial charge in [-0.15, -0.1) is 0 Å². The molecule has 192 valence electrons. The van der Waals surface area contributed by atoms with Gasteiger partial charge in [0.05, 0.1) is 28.0 Å². The van der Waals surface area contributed by atoms with Gasteiger partial charge in [-0.1, -0.05) is 48.5 Å². The molecule has 3 atom stereocenters. The fourth-order valence-electron chi connectivity index (χ4n) is 5.32. The summed E-state index contributed by atoms with van der Waals surface area (Å²) in [6.45, 7) is -0.614. The Morgan fingerprint density at radius 3 is 2.34 bits per heavy atom. The van der Waals surface area contributed by atoms with E-state index in [1.165, 1.54) is 30.3 Å². The molecule has 0 aromatic heterocycles. The molecule has 0 radical (unpaired) electrons. The minimum absolute atomic E-state index is 0.0467. The summed E-state index contributed by atoms with van der Waals surface area (Å²) in [5.74, 6) is -2.54. The molecular weight excluding hydrogens is 488 g/mol. The van der Waals surface area contributed by atoms with Gasteiger partial charge in [0.1, 0.15) is 0 Å². The van der Waals surface area contributed by atoms with Crippen LogP contribution in [0, 0.1) is 22.0 Å². The Labute approximate surface area is 218 Å². The number of amides is 2. The summed E-state index contributed by atoms with van der Waals surface area (Å²) in [4.78, 5) is 63.1. The summed E-state index contributed by atoms with van der Waals surface area (Å²) in [7, 11) is 0. The fraction of sp³-hybridized carbons (Fsp3) is 0.241. The largest absolute Gasteiger partial charge is 0.454 e. The first-order valence-electron chi connectivity index (χ1n) is 12.3. The van der Waals surface area contributed by atoms with E-state index in [9.17, 15) is 29.3 Å². The van der Waals surface area contributed by atoms with Gasteiger partial charge >= 0.3 is 5.97 Å². The topological polar surface area (TPSA) is 124 Å². The molecule has 0 N–H and O–H groups in total. The highest BCUT2D eigenvalue weighted by molar-refractivity contribution is 6.22. The number of Topliss-reactive ketones (excluding diaryl/α,β-unsaturated/α-hetero) is 1. The first kappa shape index (κ1) is 25.0. The number of nitro groups is 1. The standard InChI is InChI=1S/C29H24N2O7/c32-26(20-8-4-11-23(14-20)31(36)37)17-38-29(35)21-9-5-10-22(15-21)30-27(33)24-13-12-19(16-25(24)28(30)34)18-6-2-1-3-7-18/h1-11,14-15,19,24-25H,12-13,16-17H2/t19-,24-,25+/m0/s1. The van der Waals surface area contributed by atoms with Crippen LogP contribution in [0.5, 0.6) is 0 Å². The molecule has 3 aromatic carbocycles. The molecule has 9 nitrogen and oxygen atoms in total. The van der Waals surface area contributed by atoms with E-state index in [1.54, 1.807) is 12.1 Å². The van der Waals surface area contributed by atoms with Crippen LogP contribution in [-0.2, 0) is 14.3 Å². The van der Waals surface area contributed by atoms with Crippen molar-refractivity contribution in [3.63, 3.8) is 0 Å². The van der Waals surface area contributed by atoms with E-state index in [-0.39, 0.29) is 46.2 Å². The van der Waals surface area contributed by atoms with Crippen molar-refractivity contribution in [1.29, 1.82) is 0 Å². The summed E-state index contributed by atoms with van der Waals surface area (Å²) >= 11 is 0. The number of anilines is 1. The van der Waals surface area contributed by atoms with E-state index in [1.807, 2.05) is 30.3 Å². The fourth-order valence-corrected chi connectivity index (χ4v) is 5.32. The second-order valence-electron chi connectivity index (χ2n) is 9.50. The Morgan fingerprint density at radius 2 is 1.58 bits per heavy atom. The molecule has 2 fully saturated rings. The molecule has 2 amide bonds. The van der Waals surface area contributed by atoms with Crippen molar-refractivity contribution >= 4 is 34.9 Å². The van der Waals surface area contributed by atoms with Crippen molar-refractivity contribution < 1.29 is 28.8 Å². The van der Waals surface area contributed by atoms with Gasteiger partial charge in [-0.25, -0.2) is 4.79 Å². The lowest BCUT2D eigenvalue weighted by Crippen LogP contribution is -2.31. The van der Waals surface area contributed by atoms with Gasteiger partial charge < -0.3 is 4.74 Å². The second kappa shape index (κ2) is 10.4. The molecule has 0 unspecified atom stereocenters. The predicted octanol–water partition coefficient (Wildman–Crippen LogP) is 4.71. The molecule has 0 spiro atoms. The lowest BCUT2D eigenvalue weighted by molar-refractivity contribution is -0.384. The van der Waals surface area contributed by atoms with E-state index in [0.717, 1.165) is 23.0 Å². The zero-order valence-corrected chi connectivity index (χ0v) is 20.3. The van der Waals surface area contributed by atoms with Crippen molar-refractivity contribution in [1.82, 2.24) is 0 Å². The number of ether oxygens (including phenoxy) is 1. The number of hydrogen-bond donors (Lipinski definition) is 0. The van der Waals surface area contributed by atoms with Crippen molar-refractivity contribution in [3.05, 3.63) is 106 Å². The molecule has 5 rings (SSSR count). The van der Waals surface area contributed by atoms with Gasteiger partial charge in [-0.3, -0.25) is 29.4 Å².